The van der Waals surface area contributed by atoms with E-state index in [0.29, 0.717) is 39.3 Å². The minimum absolute atomic E-state index is 0.0195. The third-order valence-electron chi connectivity index (χ3n) is 3.66. The maximum Gasteiger partial charge on any atom is 0.419 e. The van der Waals surface area contributed by atoms with Crippen LogP contribution in [0.3, 0.4) is 0 Å². The van der Waals surface area contributed by atoms with Gasteiger partial charge in [-0.2, -0.15) is 13.2 Å². The molecule has 1 amide bonds. The summed E-state index contributed by atoms with van der Waals surface area (Å²) in [7, 11) is 0. The van der Waals surface area contributed by atoms with Gasteiger partial charge in [-0.05, 0) is 13.3 Å². The quantitative estimate of drug-likeness (QED) is 0.727. The molecule has 0 bridgehead atoms. The molecule has 0 saturated carbocycles. The number of nitrogens with two attached hydrogens (primary N) is 1. The fraction of sp³-hybridized carbons (Fsp3) is 0.667. The first kappa shape index (κ1) is 19.4. The Bertz CT molecular complexity index is 565. The molecule has 1 atom stereocenters. The second kappa shape index (κ2) is 8.43. The van der Waals surface area contributed by atoms with Gasteiger partial charge in [0.1, 0.15) is 0 Å². The van der Waals surface area contributed by atoms with Crippen molar-refractivity contribution >= 4 is 11.9 Å². The van der Waals surface area contributed by atoms with Gasteiger partial charge in [0.25, 0.3) is 0 Å². The first-order chi connectivity index (χ1) is 11.8. The molecule has 10 heteroatoms. The lowest BCUT2D eigenvalue weighted by atomic mass is 10.3. The van der Waals surface area contributed by atoms with Crippen LogP contribution in [0.5, 0.6) is 0 Å². The van der Waals surface area contributed by atoms with Crippen LogP contribution in [0, 0.1) is 0 Å². The standard InChI is InChI=1S/C15H22F3N5O2/c1-11(19)10-25-6-2-3-22-4-5-23(9-13(22)24)14-20-7-12(8-21-14)15(16,17)18/h7-8,11H,2-6,9-10,19H2,1H3. The molecule has 1 aliphatic rings. The average Bonchev–Trinajstić information content (AvgIpc) is 2.55. The number of carbonyl (C=O) groups excluding carboxylic acids is 1. The summed E-state index contributed by atoms with van der Waals surface area (Å²) in [6, 6.07) is -0.0195. The normalized spacial score (nSPS) is 17.1. The second-order valence-corrected chi connectivity index (χ2v) is 5.98. The van der Waals surface area contributed by atoms with Crippen molar-refractivity contribution in [1.82, 2.24) is 14.9 Å². The van der Waals surface area contributed by atoms with Crippen LogP contribution in [0.15, 0.2) is 12.4 Å². The molecule has 25 heavy (non-hydrogen) atoms. The van der Waals surface area contributed by atoms with Crippen molar-refractivity contribution in [3.8, 4) is 0 Å². The molecule has 2 rings (SSSR count). The molecule has 1 aromatic rings. The lowest BCUT2D eigenvalue weighted by Crippen LogP contribution is -2.51. The monoisotopic (exact) mass is 361 g/mol. The smallest absolute Gasteiger partial charge is 0.380 e. The van der Waals surface area contributed by atoms with E-state index in [1.165, 1.54) is 0 Å². The summed E-state index contributed by atoms with van der Waals surface area (Å²) in [4.78, 5) is 22.9. The lowest BCUT2D eigenvalue weighted by molar-refractivity contribution is -0.138. The minimum Gasteiger partial charge on any atom is -0.380 e. The molecule has 7 nitrogen and oxygen atoms in total. The Morgan fingerprint density at radius 2 is 2.00 bits per heavy atom. The van der Waals surface area contributed by atoms with E-state index in [1.54, 1.807) is 9.80 Å². The van der Waals surface area contributed by atoms with Crippen LogP contribution in [-0.4, -0.2) is 66.2 Å². The van der Waals surface area contributed by atoms with Gasteiger partial charge in [-0.1, -0.05) is 0 Å². The fourth-order valence-electron chi connectivity index (χ4n) is 2.37. The Morgan fingerprint density at radius 3 is 2.56 bits per heavy atom. The van der Waals surface area contributed by atoms with Gasteiger partial charge in [-0.3, -0.25) is 4.79 Å². The third kappa shape index (κ3) is 5.82. The number of piperazine rings is 1. The molecule has 0 spiro atoms. The molecule has 1 aromatic heterocycles. The van der Waals surface area contributed by atoms with Gasteiger partial charge in [-0.25, -0.2) is 9.97 Å². The molecule has 1 unspecified atom stereocenters. The maximum absolute atomic E-state index is 12.5. The highest BCUT2D eigenvalue weighted by Gasteiger charge is 2.32. The zero-order valence-corrected chi connectivity index (χ0v) is 14.0. The van der Waals surface area contributed by atoms with Gasteiger partial charge >= 0.3 is 6.18 Å². The molecule has 1 fully saturated rings. The van der Waals surface area contributed by atoms with E-state index in [0.717, 1.165) is 12.4 Å². The Morgan fingerprint density at radius 1 is 1.32 bits per heavy atom. The Kier molecular flexibility index (Phi) is 6.54. The number of ether oxygens (including phenoxy) is 1. The highest BCUT2D eigenvalue weighted by Crippen LogP contribution is 2.28. The molecular weight excluding hydrogens is 339 g/mol. The summed E-state index contributed by atoms with van der Waals surface area (Å²) in [6.07, 6.45) is -2.31. The fourth-order valence-corrected chi connectivity index (χ4v) is 2.37. The van der Waals surface area contributed by atoms with E-state index in [1.807, 2.05) is 6.92 Å². The van der Waals surface area contributed by atoms with Crippen LogP contribution >= 0.6 is 0 Å². The van der Waals surface area contributed by atoms with Crippen LogP contribution in [0.25, 0.3) is 0 Å². The molecule has 0 aromatic carbocycles. The number of carbonyl (C=O) groups is 1. The van der Waals surface area contributed by atoms with Gasteiger partial charge in [-0.15, -0.1) is 0 Å². The first-order valence-corrected chi connectivity index (χ1v) is 8.02. The molecular formula is C15H22F3N5O2. The number of aromatic nitrogens is 2. The average molecular weight is 361 g/mol. The zero-order valence-electron chi connectivity index (χ0n) is 14.0. The van der Waals surface area contributed by atoms with Crippen molar-refractivity contribution in [3.63, 3.8) is 0 Å². The highest BCUT2D eigenvalue weighted by molar-refractivity contribution is 5.82. The number of hydrogen-bond acceptors (Lipinski definition) is 6. The number of halogens is 3. The summed E-state index contributed by atoms with van der Waals surface area (Å²) in [6.45, 7) is 4.41. The maximum atomic E-state index is 12.5. The predicted octanol–water partition coefficient (Wildman–Crippen LogP) is 0.898. The first-order valence-electron chi connectivity index (χ1n) is 8.02. The van der Waals surface area contributed by atoms with Crippen molar-refractivity contribution in [2.24, 2.45) is 5.73 Å². The van der Waals surface area contributed by atoms with E-state index in [2.05, 4.69) is 9.97 Å². The minimum atomic E-state index is -4.48. The van der Waals surface area contributed by atoms with Gasteiger partial charge in [0, 0.05) is 44.7 Å². The number of rotatable bonds is 7. The Hall–Kier alpha value is -1.94. The number of anilines is 1. The molecule has 0 radical (unpaired) electrons. The van der Waals surface area contributed by atoms with E-state index in [4.69, 9.17) is 10.5 Å². The SMILES string of the molecule is CC(N)COCCCN1CCN(c2ncc(C(F)(F)F)cn2)CC1=O. The molecule has 2 heterocycles. The second-order valence-electron chi connectivity index (χ2n) is 5.98. The van der Waals surface area contributed by atoms with Gasteiger partial charge < -0.3 is 20.3 Å². The van der Waals surface area contributed by atoms with E-state index >= 15 is 0 Å². The van der Waals surface area contributed by atoms with Crippen molar-refractivity contribution in [1.29, 1.82) is 0 Å². The lowest BCUT2D eigenvalue weighted by Gasteiger charge is -2.34. The highest BCUT2D eigenvalue weighted by atomic mass is 19.4. The molecule has 1 aliphatic heterocycles. The van der Waals surface area contributed by atoms with E-state index in [9.17, 15) is 18.0 Å². The number of hydrogen-bond donors (Lipinski definition) is 1. The number of nitrogens with zero attached hydrogens (tertiary/aromatic N) is 4. The van der Waals surface area contributed by atoms with Crippen molar-refractivity contribution < 1.29 is 22.7 Å². The van der Waals surface area contributed by atoms with Crippen LogP contribution in [0.2, 0.25) is 0 Å². The van der Waals surface area contributed by atoms with Crippen LogP contribution in [0.4, 0.5) is 19.1 Å². The third-order valence-corrected chi connectivity index (χ3v) is 3.66. The van der Waals surface area contributed by atoms with E-state index in [-0.39, 0.29) is 24.4 Å². The summed E-state index contributed by atoms with van der Waals surface area (Å²) in [5.41, 5.74) is 4.66. The van der Waals surface area contributed by atoms with Crippen molar-refractivity contribution in [2.45, 2.75) is 25.6 Å². The van der Waals surface area contributed by atoms with Crippen LogP contribution < -0.4 is 10.6 Å². The summed E-state index contributed by atoms with van der Waals surface area (Å²) < 4.78 is 42.9. The Balaban J connectivity index is 1.80. The number of alkyl halides is 3. The molecule has 1 saturated heterocycles. The topological polar surface area (TPSA) is 84.6 Å². The van der Waals surface area contributed by atoms with Crippen LogP contribution in [-0.2, 0) is 15.7 Å². The van der Waals surface area contributed by atoms with Crippen molar-refractivity contribution in [2.75, 3.05) is 44.3 Å². The van der Waals surface area contributed by atoms with Gasteiger partial charge in [0.05, 0.1) is 18.7 Å². The van der Waals surface area contributed by atoms with Gasteiger partial charge in [0.15, 0.2) is 0 Å². The van der Waals surface area contributed by atoms with Gasteiger partial charge in [0.2, 0.25) is 11.9 Å². The van der Waals surface area contributed by atoms with E-state index < -0.39 is 11.7 Å². The molecule has 2 N–H and O–H groups in total. The summed E-state index contributed by atoms with van der Waals surface area (Å²) in [5.74, 6) is 0.0169. The number of amides is 1. The van der Waals surface area contributed by atoms with Crippen molar-refractivity contribution in [3.05, 3.63) is 18.0 Å². The molecule has 0 aliphatic carbocycles. The Labute approximate surface area is 144 Å². The summed E-state index contributed by atoms with van der Waals surface area (Å²) in [5, 5.41) is 0. The predicted molar refractivity (Wildman–Crippen MR) is 84.9 cm³/mol. The molecule has 140 valence electrons. The van der Waals surface area contributed by atoms with Crippen LogP contribution in [0.1, 0.15) is 18.9 Å². The largest absolute Gasteiger partial charge is 0.419 e. The summed E-state index contributed by atoms with van der Waals surface area (Å²) >= 11 is 0. The zero-order chi connectivity index (χ0) is 18.4.